The highest BCUT2D eigenvalue weighted by molar-refractivity contribution is 6.17. The van der Waals surface area contributed by atoms with Gasteiger partial charge in [0.2, 0.25) is 0 Å². The lowest BCUT2D eigenvalue weighted by molar-refractivity contribution is 0.0692. The third-order valence-corrected chi connectivity index (χ3v) is 3.53. The summed E-state index contributed by atoms with van der Waals surface area (Å²) in [5, 5.41) is 9.31. The van der Waals surface area contributed by atoms with Crippen molar-refractivity contribution in [3.63, 3.8) is 0 Å². The van der Waals surface area contributed by atoms with E-state index in [2.05, 4.69) is 0 Å². The summed E-state index contributed by atoms with van der Waals surface area (Å²) < 4.78 is 11.0. The molecule has 2 heterocycles. The van der Waals surface area contributed by atoms with Crippen LogP contribution >= 0.6 is 11.6 Å². The summed E-state index contributed by atoms with van der Waals surface area (Å²) in [5.74, 6) is 0.540. The van der Waals surface area contributed by atoms with E-state index in [0.717, 1.165) is 16.7 Å². The van der Waals surface area contributed by atoms with Crippen LogP contribution in [0.15, 0.2) is 0 Å². The van der Waals surface area contributed by atoms with Crippen molar-refractivity contribution in [2.45, 2.75) is 18.7 Å². The number of ether oxygens (including phenoxy) is 2. The molecular weight excluding hydrogens is 244 g/mol. The number of carboxylic acids is 1. The zero-order valence-corrected chi connectivity index (χ0v) is 9.84. The smallest absolute Gasteiger partial charge is 0.339 e. The topological polar surface area (TPSA) is 55.8 Å². The van der Waals surface area contributed by atoms with Crippen molar-refractivity contribution in [3.05, 3.63) is 22.3 Å². The van der Waals surface area contributed by atoms with Crippen LogP contribution in [0.3, 0.4) is 0 Å². The molecule has 17 heavy (non-hydrogen) atoms. The van der Waals surface area contributed by atoms with E-state index in [1.165, 1.54) is 0 Å². The summed E-state index contributed by atoms with van der Waals surface area (Å²) in [6.07, 6.45) is 1.31. The molecule has 1 aromatic carbocycles. The van der Waals surface area contributed by atoms with Gasteiger partial charge in [-0.25, -0.2) is 4.79 Å². The van der Waals surface area contributed by atoms with Gasteiger partial charge in [-0.2, -0.15) is 0 Å². The number of hydrogen-bond donors (Lipinski definition) is 1. The van der Waals surface area contributed by atoms with E-state index in [-0.39, 0.29) is 5.56 Å². The number of aromatic carboxylic acids is 1. The second-order valence-corrected chi connectivity index (χ2v) is 4.37. The molecular formula is C12H11ClO4. The van der Waals surface area contributed by atoms with E-state index in [4.69, 9.17) is 21.1 Å². The summed E-state index contributed by atoms with van der Waals surface area (Å²) in [7, 11) is 0. The fraction of sp³-hybridized carbons (Fsp3) is 0.417. The van der Waals surface area contributed by atoms with Crippen molar-refractivity contribution in [3.8, 4) is 11.5 Å². The molecule has 0 aromatic heterocycles. The van der Waals surface area contributed by atoms with Crippen molar-refractivity contribution in [2.75, 3.05) is 13.2 Å². The predicted molar refractivity (Wildman–Crippen MR) is 61.4 cm³/mol. The highest BCUT2D eigenvalue weighted by Crippen LogP contribution is 2.44. The standard InChI is InChI=1S/C12H11ClO4/c13-5-8-6-1-3-17-11(6)9(12(14)15)7-2-4-16-10(7)8/h1-5H2,(H,14,15). The third kappa shape index (κ3) is 1.40. The highest BCUT2D eigenvalue weighted by Gasteiger charge is 2.33. The number of hydrogen-bond acceptors (Lipinski definition) is 3. The molecule has 4 nitrogen and oxygen atoms in total. The van der Waals surface area contributed by atoms with Crippen molar-refractivity contribution in [1.82, 2.24) is 0 Å². The molecule has 2 aliphatic heterocycles. The van der Waals surface area contributed by atoms with Crippen molar-refractivity contribution in [2.24, 2.45) is 0 Å². The van der Waals surface area contributed by atoms with Crippen LogP contribution in [0.4, 0.5) is 0 Å². The maximum atomic E-state index is 11.4. The van der Waals surface area contributed by atoms with Crippen LogP contribution in [0, 0.1) is 0 Å². The molecule has 0 unspecified atom stereocenters. The second kappa shape index (κ2) is 3.81. The molecule has 0 atom stereocenters. The number of alkyl halides is 1. The van der Waals surface area contributed by atoms with E-state index in [0.29, 0.717) is 43.4 Å². The molecule has 1 aromatic rings. The number of rotatable bonds is 2. The van der Waals surface area contributed by atoms with Gasteiger partial charge in [0, 0.05) is 29.5 Å². The summed E-state index contributed by atoms with van der Waals surface area (Å²) >= 11 is 5.94. The van der Waals surface area contributed by atoms with Crippen molar-refractivity contribution < 1.29 is 19.4 Å². The molecule has 0 bridgehead atoms. The van der Waals surface area contributed by atoms with Crippen LogP contribution < -0.4 is 9.47 Å². The Balaban J connectivity index is 2.34. The van der Waals surface area contributed by atoms with Crippen molar-refractivity contribution >= 4 is 17.6 Å². The SMILES string of the molecule is O=C(O)c1c2c(c(CCl)c3c1OCC3)OCC2. The number of benzene rings is 1. The average molecular weight is 255 g/mol. The zero-order chi connectivity index (χ0) is 12.0. The zero-order valence-electron chi connectivity index (χ0n) is 9.09. The normalized spacial score (nSPS) is 16.1. The van der Waals surface area contributed by atoms with Crippen LogP contribution in [-0.2, 0) is 18.7 Å². The van der Waals surface area contributed by atoms with Crippen LogP contribution in [0.5, 0.6) is 11.5 Å². The van der Waals surface area contributed by atoms with Crippen LogP contribution in [-0.4, -0.2) is 24.3 Å². The monoisotopic (exact) mass is 254 g/mol. The molecule has 0 fully saturated rings. The number of carboxylic acid groups (broad SMARTS) is 1. The Labute approximate surface area is 103 Å². The molecule has 5 heteroatoms. The fourth-order valence-electron chi connectivity index (χ4n) is 2.57. The summed E-state index contributed by atoms with van der Waals surface area (Å²) in [6, 6.07) is 0. The maximum Gasteiger partial charge on any atom is 0.339 e. The van der Waals surface area contributed by atoms with Crippen LogP contribution in [0.2, 0.25) is 0 Å². The minimum Gasteiger partial charge on any atom is -0.493 e. The summed E-state index contributed by atoms with van der Waals surface area (Å²) in [4.78, 5) is 11.4. The minimum absolute atomic E-state index is 0.263. The van der Waals surface area contributed by atoms with Crippen molar-refractivity contribution in [1.29, 1.82) is 0 Å². The van der Waals surface area contributed by atoms with E-state index in [1.54, 1.807) is 0 Å². The summed E-state index contributed by atoms with van der Waals surface area (Å²) in [6.45, 7) is 1.03. The van der Waals surface area contributed by atoms with E-state index in [9.17, 15) is 9.90 Å². The van der Waals surface area contributed by atoms with Gasteiger partial charge < -0.3 is 14.6 Å². The Kier molecular flexibility index (Phi) is 2.40. The Morgan fingerprint density at radius 3 is 2.47 bits per heavy atom. The molecule has 0 saturated heterocycles. The first kappa shape index (κ1) is 10.7. The first-order valence-electron chi connectivity index (χ1n) is 5.49. The Bertz CT molecular complexity index is 475. The predicted octanol–water partition coefficient (Wildman–Crippen LogP) is 1.99. The largest absolute Gasteiger partial charge is 0.493 e. The molecule has 0 aliphatic carbocycles. The second-order valence-electron chi connectivity index (χ2n) is 4.10. The molecule has 0 amide bonds. The number of fused-ring (bicyclic) bond motifs is 2. The molecule has 0 radical (unpaired) electrons. The molecule has 0 saturated carbocycles. The maximum absolute atomic E-state index is 11.4. The first-order valence-corrected chi connectivity index (χ1v) is 6.03. The lowest BCUT2D eigenvalue weighted by Crippen LogP contribution is -2.06. The molecule has 3 rings (SSSR count). The Hall–Kier alpha value is -1.42. The average Bonchev–Trinajstić information content (AvgIpc) is 2.92. The lowest BCUT2D eigenvalue weighted by Gasteiger charge is -2.13. The first-order chi connectivity index (χ1) is 8.24. The van der Waals surface area contributed by atoms with E-state index >= 15 is 0 Å². The molecule has 90 valence electrons. The van der Waals surface area contributed by atoms with Gasteiger partial charge in [-0.3, -0.25) is 0 Å². The Morgan fingerprint density at radius 2 is 1.82 bits per heavy atom. The quantitative estimate of drug-likeness (QED) is 0.820. The van der Waals surface area contributed by atoms with Gasteiger partial charge in [0.25, 0.3) is 0 Å². The molecule has 2 aliphatic rings. The van der Waals surface area contributed by atoms with Gasteiger partial charge in [-0.1, -0.05) is 0 Å². The van der Waals surface area contributed by atoms with Crippen LogP contribution in [0.1, 0.15) is 27.0 Å². The fourth-order valence-corrected chi connectivity index (χ4v) is 2.85. The molecule has 0 spiro atoms. The van der Waals surface area contributed by atoms with E-state index in [1.807, 2.05) is 0 Å². The molecule has 1 N–H and O–H groups in total. The van der Waals surface area contributed by atoms with Gasteiger partial charge in [0.05, 0.1) is 19.1 Å². The number of carbonyl (C=O) groups is 1. The number of halogens is 1. The van der Waals surface area contributed by atoms with E-state index < -0.39 is 5.97 Å². The Morgan fingerprint density at radius 1 is 1.18 bits per heavy atom. The highest BCUT2D eigenvalue weighted by atomic mass is 35.5. The van der Waals surface area contributed by atoms with Gasteiger partial charge in [-0.15, -0.1) is 11.6 Å². The van der Waals surface area contributed by atoms with Gasteiger partial charge >= 0.3 is 5.97 Å². The minimum atomic E-state index is -0.953. The lowest BCUT2D eigenvalue weighted by atomic mass is 9.95. The third-order valence-electron chi connectivity index (χ3n) is 3.26. The van der Waals surface area contributed by atoms with Gasteiger partial charge in [0.1, 0.15) is 17.1 Å². The summed E-state index contributed by atoms with van der Waals surface area (Å²) in [5.41, 5.74) is 2.79. The van der Waals surface area contributed by atoms with Gasteiger partial charge in [0.15, 0.2) is 0 Å². The van der Waals surface area contributed by atoms with Crippen LogP contribution in [0.25, 0.3) is 0 Å². The van der Waals surface area contributed by atoms with Gasteiger partial charge in [-0.05, 0) is 0 Å².